The first kappa shape index (κ1) is 11.5. The van der Waals surface area contributed by atoms with Crippen LogP contribution in [0, 0.1) is 17.3 Å². The summed E-state index contributed by atoms with van der Waals surface area (Å²) in [4.78, 5) is 0. The average molecular weight is 248 g/mol. The maximum absolute atomic E-state index is 6.42. The Balaban J connectivity index is 1.52. The van der Waals surface area contributed by atoms with Gasteiger partial charge in [0.15, 0.2) is 6.29 Å². The fourth-order valence-corrected chi connectivity index (χ4v) is 5.55. The van der Waals surface area contributed by atoms with Gasteiger partial charge in [-0.2, -0.15) is 0 Å². The fraction of sp³-hybridized carbons (Fsp3) is 0.875. The molecule has 1 aliphatic heterocycles. The fourth-order valence-electron chi connectivity index (χ4n) is 5.55. The van der Waals surface area contributed by atoms with Crippen molar-refractivity contribution in [3.8, 4) is 0 Å². The van der Waals surface area contributed by atoms with Crippen LogP contribution in [0.3, 0.4) is 0 Å². The maximum Gasteiger partial charge on any atom is 0.189 e. The van der Waals surface area contributed by atoms with E-state index in [1.165, 1.54) is 38.5 Å². The maximum atomic E-state index is 6.42. The van der Waals surface area contributed by atoms with Crippen LogP contribution in [-0.2, 0) is 9.47 Å². The van der Waals surface area contributed by atoms with E-state index < -0.39 is 0 Å². The van der Waals surface area contributed by atoms with Crippen molar-refractivity contribution >= 4 is 0 Å². The molecule has 5 fully saturated rings. The predicted octanol–water partition coefficient (Wildman–Crippen LogP) is 3.66. The van der Waals surface area contributed by atoms with Crippen molar-refractivity contribution in [3.05, 3.63) is 12.2 Å². The molecule has 0 aromatic rings. The van der Waals surface area contributed by atoms with Gasteiger partial charge in [0, 0.05) is 0 Å². The molecule has 2 nitrogen and oxygen atoms in total. The average Bonchev–Trinajstić information content (AvgIpc) is 2.91. The molecule has 1 saturated heterocycles. The lowest BCUT2D eigenvalue weighted by Gasteiger charge is -2.60. The molecule has 4 bridgehead atoms. The van der Waals surface area contributed by atoms with Crippen molar-refractivity contribution in [1.82, 2.24) is 0 Å². The molecule has 5 rings (SSSR count). The monoisotopic (exact) mass is 248 g/mol. The minimum Gasteiger partial charge on any atom is -0.343 e. The minimum atomic E-state index is 0.0161. The van der Waals surface area contributed by atoms with Gasteiger partial charge in [0.2, 0.25) is 0 Å². The minimum absolute atomic E-state index is 0.0161. The second-order valence-corrected chi connectivity index (χ2v) is 7.84. The summed E-state index contributed by atoms with van der Waals surface area (Å²) in [6.07, 6.45) is 8.33. The number of ether oxygens (including phenoxy) is 2. The summed E-state index contributed by atoms with van der Waals surface area (Å²) in [7, 11) is 0. The molecule has 0 radical (unpaired) electrons. The van der Waals surface area contributed by atoms with Crippen LogP contribution in [0.4, 0.5) is 0 Å². The Labute approximate surface area is 110 Å². The summed E-state index contributed by atoms with van der Waals surface area (Å²) >= 11 is 0. The van der Waals surface area contributed by atoms with E-state index in [-0.39, 0.29) is 18.0 Å². The Morgan fingerprint density at radius 1 is 1.22 bits per heavy atom. The van der Waals surface area contributed by atoms with Gasteiger partial charge in [0.1, 0.15) is 6.10 Å². The second kappa shape index (κ2) is 3.40. The first-order chi connectivity index (χ1) is 8.47. The second-order valence-electron chi connectivity index (χ2n) is 7.84. The van der Waals surface area contributed by atoms with Crippen molar-refractivity contribution in [1.29, 1.82) is 0 Å². The SMILES string of the molecule is C=C(C)C1OC1OC12CC3CC(CC(C)(C3)C1)C2. The van der Waals surface area contributed by atoms with Crippen LogP contribution in [0.5, 0.6) is 0 Å². The Morgan fingerprint density at radius 2 is 1.89 bits per heavy atom. The van der Waals surface area contributed by atoms with Gasteiger partial charge in [-0.3, -0.25) is 0 Å². The summed E-state index contributed by atoms with van der Waals surface area (Å²) < 4.78 is 12.0. The zero-order valence-electron chi connectivity index (χ0n) is 11.6. The topological polar surface area (TPSA) is 21.8 Å². The first-order valence-corrected chi connectivity index (χ1v) is 7.46. The van der Waals surface area contributed by atoms with Crippen molar-refractivity contribution < 1.29 is 9.47 Å². The Morgan fingerprint density at radius 3 is 2.39 bits per heavy atom. The lowest BCUT2D eigenvalue weighted by Crippen LogP contribution is -2.56. The van der Waals surface area contributed by atoms with Crippen molar-refractivity contribution in [3.63, 3.8) is 0 Å². The van der Waals surface area contributed by atoms with Gasteiger partial charge in [-0.15, -0.1) is 0 Å². The Bertz CT molecular complexity index is 386. The highest BCUT2D eigenvalue weighted by Crippen LogP contribution is 2.63. The number of hydrogen-bond acceptors (Lipinski definition) is 2. The Kier molecular flexibility index (Phi) is 2.17. The number of hydrogen-bond donors (Lipinski definition) is 0. The van der Waals surface area contributed by atoms with Crippen LogP contribution < -0.4 is 0 Å². The molecule has 100 valence electrons. The van der Waals surface area contributed by atoms with E-state index in [0.717, 1.165) is 17.4 Å². The summed E-state index contributed by atoms with van der Waals surface area (Å²) in [5, 5.41) is 0. The van der Waals surface area contributed by atoms with Gasteiger partial charge in [-0.1, -0.05) is 13.5 Å². The Hall–Kier alpha value is -0.340. The lowest BCUT2D eigenvalue weighted by molar-refractivity contribution is -0.207. The highest BCUT2D eigenvalue weighted by Gasteiger charge is 2.59. The highest BCUT2D eigenvalue weighted by molar-refractivity contribution is 5.11. The van der Waals surface area contributed by atoms with Crippen molar-refractivity contribution in [2.24, 2.45) is 17.3 Å². The molecule has 1 heterocycles. The van der Waals surface area contributed by atoms with E-state index in [1.54, 1.807) is 0 Å². The molecule has 4 aliphatic carbocycles. The van der Waals surface area contributed by atoms with Crippen LogP contribution in [0.25, 0.3) is 0 Å². The van der Waals surface area contributed by atoms with Gasteiger partial charge >= 0.3 is 0 Å². The van der Waals surface area contributed by atoms with Gasteiger partial charge in [0.05, 0.1) is 5.60 Å². The number of rotatable bonds is 3. The summed E-state index contributed by atoms with van der Waals surface area (Å²) in [5.74, 6) is 1.83. The van der Waals surface area contributed by atoms with Crippen molar-refractivity contribution in [2.45, 2.75) is 70.4 Å². The van der Waals surface area contributed by atoms with E-state index in [0.29, 0.717) is 5.41 Å². The standard InChI is InChI=1S/C16H24O2/c1-10(2)13-14(17-13)18-16-7-11-4-12(8-16)6-15(3,5-11)9-16/h11-14H,1,4-9H2,2-3H3. The van der Waals surface area contributed by atoms with E-state index in [2.05, 4.69) is 13.5 Å². The zero-order chi connectivity index (χ0) is 12.5. The quantitative estimate of drug-likeness (QED) is 0.561. The summed E-state index contributed by atoms with van der Waals surface area (Å²) in [6, 6.07) is 0. The number of epoxide rings is 1. The van der Waals surface area contributed by atoms with E-state index >= 15 is 0 Å². The molecule has 18 heavy (non-hydrogen) atoms. The molecule has 5 aliphatic rings. The third kappa shape index (κ3) is 1.69. The van der Waals surface area contributed by atoms with Crippen molar-refractivity contribution in [2.75, 3.05) is 0 Å². The lowest BCUT2D eigenvalue weighted by atomic mass is 9.48. The molecule has 2 heteroatoms. The first-order valence-electron chi connectivity index (χ1n) is 7.46. The molecular formula is C16H24O2. The normalized spacial score (nSPS) is 56.8. The molecule has 0 aromatic heterocycles. The predicted molar refractivity (Wildman–Crippen MR) is 70.1 cm³/mol. The van der Waals surface area contributed by atoms with Crippen LogP contribution in [-0.4, -0.2) is 18.0 Å². The molecule has 0 spiro atoms. The molecule has 0 aromatic carbocycles. The third-order valence-corrected chi connectivity index (χ3v) is 5.60. The van der Waals surface area contributed by atoms with Crippen LogP contribution in [0.2, 0.25) is 0 Å². The van der Waals surface area contributed by atoms with E-state index in [4.69, 9.17) is 9.47 Å². The van der Waals surface area contributed by atoms with Crippen LogP contribution in [0.1, 0.15) is 52.4 Å². The smallest absolute Gasteiger partial charge is 0.189 e. The largest absolute Gasteiger partial charge is 0.343 e. The molecular weight excluding hydrogens is 224 g/mol. The molecule has 4 unspecified atom stereocenters. The zero-order valence-corrected chi connectivity index (χ0v) is 11.6. The molecule has 4 atom stereocenters. The highest BCUT2D eigenvalue weighted by atomic mass is 16.8. The van der Waals surface area contributed by atoms with Gasteiger partial charge in [0.25, 0.3) is 0 Å². The van der Waals surface area contributed by atoms with Crippen LogP contribution in [0.15, 0.2) is 12.2 Å². The van der Waals surface area contributed by atoms with E-state index in [1.807, 2.05) is 6.92 Å². The molecule has 4 saturated carbocycles. The summed E-state index contributed by atoms with van der Waals surface area (Å²) in [5.41, 5.74) is 1.81. The van der Waals surface area contributed by atoms with Gasteiger partial charge in [-0.25, -0.2) is 0 Å². The third-order valence-electron chi connectivity index (χ3n) is 5.60. The molecule has 0 amide bonds. The van der Waals surface area contributed by atoms with Crippen LogP contribution >= 0.6 is 0 Å². The van der Waals surface area contributed by atoms with E-state index in [9.17, 15) is 0 Å². The molecule has 0 N–H and O–H groups in total. The van der Waals surface area contributed by atoms with Gasteiger partial charge < -0.3 is 9.47 Å². The summed E-state index contributed by atoms with van der Waals surface area (Å²) in [6.45, 7) is 8.49. The van der Waals surface area contributed by atoms with Gasteiger partial charge in [-0.05, 0) is 68.3 Å².